The molecule has 0 aromatic rings. The summed E-state index contributed by atoms with van der Waals surface area (Å²) < 4.78 is 0. The number of hydrogen-bond acceptors (Lipinski definition) is 5. The molecule has 0 bridgehead atoms. The second-order valence-corrected chi connectivity index (χ2v) is 1.63. The minimum absolute atomic E-state index is 0.278. The minimum Gasteiger partial charge on any atom is -0.480 e. The van der Waals surface area contributed by atoms with E-state index in [4.69, 9.17) is 20.4 Å². The van der Waals surface area contributed by atoms with Gasteiger partial charge in [0.1, 0.15) is 0 Å². The number of carboxylic acids is 2. The van der Waals surface area contributed by atoms with Crippen LogP contribution in [0, 0.1) is 0 Å². The van der Waals surface area contributed by atoms with Crippen LogP contribution in [0.1, 0.15) is 0 Å². The van der Waals surface area contributed by atoms with E-state index in [9.17, 15) is 9.59 Å². The molecular weight excluding hydrogens is 170 g/mol. The van der Waals surface area contributed by atoms with E-state index in [0.717, 1.165) is 0 Å². The summed E-state index contributed by atoms with van der Waals surface area (Å²) in [5.41, 5.74) is 4.57. The van der Waals surface area contributed by atoms with Gasteiger partial charge in [-0.2, -0.15) is 0 Å². The molecule has 0 aliphatic rings. The van der Waals surface area contributed by atoms with Crippen molar-refractivity contribution in [3.8, 4) is 0 Å². The molecule has 1 atom stereocenters. The molecule has 72 valence electrons. The summed E-state index contributed by atoms with van der Waals surface area (Å²) in [6.07, 6.45) is -1.63. The van der Waals surface area contributed by atoms with Gasteiger partial charge in [0.15, 0.2) is 6.10 Å². The largest absolute Gasteiger partial charge is 0.480 e. The summed E-state index contributed by atoms with van der Waals surface area (Å²) in [7, 11) is 0. The van der Waals surface area contributed by atoms with E-state index < -0.39 is 24.6 Å². The van der Waals surface area contributed by atoms with Gasteiger partial charge < -0.3 is 26.2 Å². The first kappa shape index (κ1) is 13.4. The summed E-state index contributed by atoms with van der Waals surface area (Å²) in [4.78, 5) is 18.8. The van der Waals surface area contributed by atoms with Gasteiger partial charge >= 0.3 is 11.9 Å². The van der Waals surface area contributed by atoms with E-state index in [1.165, 1.54) is 0 Å². The highest BCUT2D eigenvalue weighted by Gasteiger charge is 2.08. The Hall–Kier alpha value is -1.18. The van der Waals surface area contributed by atoms with Crippen molar-refractivity contribution in [3.05, 3.63) is 0 Å². The number of carbonyl (C=O) groups is 2. The van der Waals surface area contributed by atoms with Crippen molar-refractivity contribution in [3.63, 3.8) is 0 Å². The van der Waals surface area contributed by atoms with Crippen molar-refractivity contribution < 1.29 is 30.0 Å². The number of aliphatic hydroxyl groups excluding tert-OH is 2. The maximum absolute atomic E-state index is 9.52. The van der Waals surface area contributed by atoms with Crippen LogP contribution in [0.3, 0.4) is 0 Å². The van der Waals surface area contributed by atoms with Gasteiger partial charge in [0.2, 0.25) is 0 Å². The van der Waals surface area contributed by atoms with Crippen LogP contribution < -0.4 is 5.73 Å². The smallest absolute Gasteiger partial charge is 0.334 e. The lowest BCUT2D eigenvalue weighted by Gasteiger charge is -1.95. The Bertz CT molecular complexity index is 147. The molecule has 0 radical (unpaired) electrons. The first-order valence-electron chi connectivity index (χ1n) is 2.89. The number of nitrogens with two attached hydrogens (primary N) is 1. The molecule has 0 aliphatic heterocycles. The van der Waals surface area contributed by atoms with E-state index in [0.29, 0.717) is 0 Å². The molecule has 0 aliphatic carbocycles. The van der Waals surface area contributed by atoms with Gasteiger partial charge in [-0.15, -0.1) is 0 Å². The molecule has 1 unspecified atom stereocenters. The van der Waals surface area contributed by atoms with Gasteiger partial charge in [-0.05, 0) is 0 Å². The van der Waals surface area contributed by atoms with Crippen molar-refractivity contribution in [1.29, 1.82) is 0 Å². The van der Waals surface area contributed by atoms with Gasteiger partial charge in [0.05, 0.1) is 13.2 Å². The van der Waals surface area contributed by atoms with Gasteiger partial charge in [0.25, 0.3) is 0 Å². The van der Waals surface area contributed by atoms with E-state index in [2.05, 4.69) is 5.73 Å². The first-order chi connectivity index (χ1) is 5.45. The number of aliphatic carboxylic acids is 2. The predicted molar refractivity (Wildman–Crippen MR) is 37.4 cm³/mol. The van der Waals surface area contributed by atoms with Crippen molar-refractivity contribution in [2.45, 2.75) is 6.10 Å². The third-order valence-corrected chi connectivity index (χ3v) is 0.633. The van der Waals surface area contributed by atoms with Crippen LogP contribution in [0.4, 0.5) is 0 Å². The Morgan fingerprint density at radius 2 is 1.67 bits per heavy atom. The Balaban J connectivity index is 0. The highest BCUT2D eigenvalue weighted by atomic mass is 16.4. The Labute approximate surface area is 68.0 Å². The molecule has 7 heteroatoms. The molecular formula is C5H11NO6. The maximum Gasteiger partial charge on any atom is 0.334 e. The molecule has 0 saturated carbocycles. The Kier molecular flexibility index (Phi) is 8.85. The lowest BCUT2D eigenvalue weighted by molar-refractivity contribution is -0.148. The SMILES string of the molecule is NCC(=O)O.O=C(O)C(O)CO. The highest BCUT2D eigenvalue weighted by molar-refractivity contribution is 5.71. The monoisotopic (exact) mass is 181 g/mol. The van der Waals surface area contributed by atoms with Crippen LogP contribution in [-0.2, 0) is 9.59 Å². The van der Waals surface area contributed by atoms with Crippen LogP contribution in [0.5, 0.6) is 0 Å². The van der Waals surface area contributed by atoms with Gasteiger partial charge in [-0.3, -0.25) is 4.79 Å². The fourth-order valence-electron chi connectivity index (χ4n) is 0.0781. The molecule has 0 amide bonds. The standard InChI is InChI=1S/C3H6O4.C2H5NO2/c4-1-2(5)3(6)7;3-1-2(4)5/h2,4-5H,1H2,(H,6,7);1,3H2,(H,4,5). The molecule has 0 aromatic heterocycles. The zero-order valence-corrected chi connectivity index (χ0v) is 6.17. The molecule has 12 heavy (non-hydrogen) atoms. The van der Waals surface area contributed by atoms with Gasteiger partial charge in [0, 0.05) is 0 Å². The molecule has 0 saturated heterocycles. The third kappa shape index (κ3) is 11.6. The second kappa shape index (κ2) is 7.92. The number of aliphatic hydroxyl groups is 2. The van der Waals surface area contributed by atoms with E-state index >= 15 is 0 Å². The summed E-state index contributed by atoms with van der Waals surface area (Å²) in [5.74, 6) is -2.37. The van der Waals surface area contributed by atoms with Crippen molar-refractivity contribution in [1.82, 2.24) is 0 Å². The van der Waals surface area contributed by atoms with Crippen LogP contribution in [0.25, 0.3) is 0 Å². The van der Waals surface area contributed by atoms with Gasteiger partial charge in [-0.1, -0.05) is 0 Å². The summed E-state index contributed by atoms with van der Waals surface area (Å²) >= 11 is 0. The van der Waals surface area contributed by atoms with Crippen molar-refractivity contribution >= 4 is 11.9 Å². The second-order valence-electron chi connectivity index (χ2n) is 1.63. The van der Waals surface area contributed by atoms with E-state index in [-0.39, 0.29) is 6.54 Å². The minimum atomic E-state index is -1.63. The zero-order chi connectivity index (χ0) is 10.1. The maximum atomic E-state index is 9.52. The molecule has 0 heterocycles. The topological polar surface area (TPSA) is 141 Å². The number of hydrogen-bond donors (Lipinski definition) is 5. The predicted octanol–water partition coefficient (Wildman–Crippen LogP) is -2.55. The first-order valence-corrected chi connectivity index (χ1v) is 2.89. The van der Waals surface area contributed by atoms with Gasteiger partial charge in [-0.25, -0.2) is 4.79 Å². The molecule has 0 spiro atoms. The van der Waals surface area contributed by atoms with Crippen LogP contribution in [-0.4, -0.2) is 51.6 Å². The number of rotatable bonds is 3. The average molecular weight is 181 g/mol. The molecule has 7 nitrogen and oxygen atoms in total. The van der Waals surface area contributed by atoms with E-state index in [1.54, 1.807) is 0 Å². The lowest BCUT2D eigenvalue weighted by atomic mass is 10.4. The Morgan fingerprint density at radius 3 is 1.67 bits per heavy atom. The van der Waals surface area contributed by atoms with E-state index in [1.807, 2.05) is 0 Å². The quantitative estimate of drug-likeness (QED) is 0.322. The molecule has 0 aromatic carbocycles. The zero-order valence-electron chi connectivity index (χ0n) is 6.17. The number of carboxylic acid groups (broad SMARTS) is 2. The van der Waals surface area contributed by atoms with Crippen LogP contribution in [0.15, 0.2) is 0 Å². The normalized spacial score (nSPS) is 10.9. The lowest BCUT2D eigenvalue weighted by Crippen LogP contribution is -2.22. The molecule has 0 rings (SSSR count). The summed E-state index contributed by atoms with van der Waals surface area (Å²) in [6.45, 7) is -1.00. The van der Waals surface area contributed by atoms with Crippen molar-refractivity contribution in [2.24, 2.45) is 5.73 Å². The third-order valence-electron chi connectivity index (χ3n) is 0.633. The Morgan fingerprint density at radius 1 is 1.33 bits per heavy atom. The average Bonchev–Trinajstić information content (AvgIpc) is 2.04. The van der Waals surface area contributed by atoms with Crippen LogP contribution in [0.2, 0.25) is 0 Å². The molecule has 6 N–H and O–H groups in total. The van der Waals surface area contributed by atoms with Crippen molar-refractivity contribution in [2.75, 3.05) is 13.2 Å². The molecule has 0 fully saturated rings. The summed E-state index contributed by atoms with van der Waals surface area (Å²) in [6, 6.07) is 0. The van der Waals surface area contributed by atoms with Crippen LogP contribution >= 0.6 is 0 Å². The fourth-order valence-corrected chi connectivity index (χ4v) is 0.0781. The highest BCUT2D eigenvalue weighted by Crippen LogP contribution is 1.75. The fraction of sp³-hybridized carbons (Fsp3) is 0.600. The summed E-state index contributed by atoms with van der Waals surface area (Å²) in [5, 5.41) is 31.3.